The van der Waals surface area contributed by atoms with Gasteiger partial charge >= 0.3 is 0 Å². The van der Waals surface area contributed by atoms with Gasteiger partial charge in [-0.3, -0.25) is 14.5 Å². The Kier molecular flexibility index (Phi) is 6.33. The Morgan fingerprint density at radius 1 is 1.50 bits per heavy atom. The first kappa shape index (κ1) is 15.2. The fraction of sp³-hybridized carbons (Fsp3) is 0.857. The second-order valence-electron chi connectivity index (χ2n) is 5.44. The van der Waals surface area contributed by atoms with Crippen molar-refractivity contribution in [2.75, 3.05) is 19.6 Å². The Bertz CT molecular complexity index is 290. The number of ketones is 1. The number of Topliss-reactive ketones (excluding diaryl/α,β-unsaturated/α-hetero) is 1. The molecule has 1 N–H and O–H groups in total. The Morgan fingerprint density at radius 3 is 2.72 bits per heavy atom. The Balaban J connectivity index is 2.28. The topological polar surface area (TPSA) is 49.4 Å². The molecular formula is C14H26N2O2. The molecule has 4 nitrogen and oxygen atoms in total. The van der Waals surface area contributed by atoms with Gasteiger partial charge in [-0.25, -0.2) is 0 Å². The van der Waals surface area contributed by atoms with Crippen LogP contribution in [0.2, 0.25) is 0 Å². The Hall–Kier alpha value is -0.900. The summed E-state index contributed by atoms with van der Waals surface area (Å²) in [7, 11) is 0. The van der Waals surface area contributed by atoms with Crippen LogP contribution in [0.25, 0.3) is 0 Å². The van der Waals surface area contributed by atoms with Gasteiger partial charge in [-0.1, -0.05) is 6.92 Å². The number of likely N-dealkylation sites (N-methyl/N-ethyl adjacent to an activating group) is 1. The average molecular weight is 254 g/mol. The van der Waals surface area contributed by atoms with Crippen LogP contribution in [0, 0.1) is 5.92 Å². The van der Waals surface area contributed by atoms with E-state index < -0.39 is 0 Å². The van der Waals surface area contributed by atoms with Crippen molar-refractivity contribution in [3.05, 3.63) is 0 Å². The van der Waals surface area contributed by atoms with E-state index in [4.69, 9.17) is 0 Å². The summed E-state index contributed by atoms with van der Waals surface area (Å²) in [5.41, 5.74) is 0. The van der Waals surface area contributed by atoms with Crippen LogP contribution < -0.4 is 5.32 Å². The van der Waals surface area contributed by atoms with E-state index in [2.05, 4.69) is 17.1 Å². The molecule has 0 heterocycles. The number of amides is 1. The van der Waals surface area contributed by atoms with Crippen molar-refractivity contribution in [3.8, 4) is 0 Å². The second-order valence-corrected chi connectivity index (χ2v) is 5.44. The smallest absolute Gasteiger partial charge is 0.234 e. The van der Waals surface area contributed by atoms with Crippen LogP contribution in [0.15, 0.2) is 0 Å². The fourth-order valence-corrected chi connectivity index (χ4v) is 2.45. The number of nitrogens with zero attached hydrogens (tertiary/aromatic N) is 1. The maximum atomic E-state index is 11.7. The van der Waals surface area contributed by atoms with Gasteiger partial charge < -0.3 is 5.32 Å². The molecule has 1 fully saturated rings. The number of hydrogen-bond acceptors (Lipinski definition) is 3. The zero-order chi connectivity index (χ0) is 13.5. The molecule has 1 aliphatic rings. The van der Waals surface area contributed by atoms with Gasteiger partial charge in [-0.2, -0.15) is 0 Å². The van der Waals surface area contributed by atoms with Gasteiger partial charge in [-0.15, -0.1) is 0 Å². The van der Waals surface area contributed by atoms with Gasteiger partial charge in [-0.05, 0) is 46.2 Å². The Labute approximate surface area is 110 Å². The minimum absolute atomic E-state index is 0.0737. The minimum atomic E-state index is 0.0737. The van der Waals surface area contributed by atoms with E-state index in [0.717, 1.165) is 38.8 Å². The van der Waals surface area contributed by atoms with Crippen molar-refractivity contribution in [1.29, 1.82) is 0 Å². The molecule has 104 valence electrons. The molecule has 1 amide bonds. The highest BCUT2D eigenvalue weighted by Crippen LogP contribution is 2.24. The molecule has 0 saturated heterocycles. The molecule has 18 heavy (non-hydrogen) atoms. The van der Waals surface area contributed by atoms with Crippen LogP contribution in [0.5, 0.6) is 0 Å². The van der Waals surface area contributed by atoms with E-state index in [1.807, 2.05) is 13.8 Å². The maximum Gasteiger partial charge on any atom is 0.234 e. The summed E-state index contributed by atoms with van der Waals surface area (Å²) in [6.07, 6.45) is 3.74. The molecule has 4 heteroatoms. The van der Waals surface area contributed by atoms with E-state index in [9.17, 15) is 9.59 Å². The lowest BCUT2D eigenvalue weighted by Crippen LogP contribution is -2.40. The summed E-state index contributed by atoms with van der Waals surface area (Å²) in [5, 5.41) is 2.90. The highest BCUT2D eigenvalue weighted by molar-refractivity contribution is 5.82. The van der Waals surface area contributed by atoms with Gasteiger partial charge in [0, 0.05) is 18.4 Å². The molecule has 0 bridgehead atoms. The molecule has 0 radical (unpaired) electrons. The molecule has 1 saturated carbocycles. The van der Waals surface area contributed by atoms with E-state index >= 15 is 0 Å². The lowest BCUT2D eigenvalue weighted by Gasteiger charge is -2.21. The van der Waals surface area contributed by atoms with Crippen molar-refractivity contribution in [2.24, 2.45) is 5.92 Å². The molecule has 1 atom stereocenters. The fourth-order valence-electron chi connectivity index (χ4n) is 2.45. The SMILES string of the molecule is CCN(CCC1CCCC1=O)CC(=O)NC(C)C. The molecule has 1 aliphatic carbocycles. The summed E-state index contributed by atoms with van der Waals surface area (Å²) in [4.78, 5) is 25.3. The molecule has 0 aromatic rings. The molecule has 0 aromatic carbocycles. The van der Waals surface area contributed by atoms with Gasteiger partial charge in [0.2, 0.25) is 5.91 Å². The third kappa shape index (κ3) is 5.17. The van der Waals surface area contributed by atoms with Crippen molar-refractivity contribution in [2.45, 2.75) is 52.5 Å². The van der Waals surface area contributed by atoms with Gasteiger partial charge in [0.05, 0.1) is 6.54 Å². The third-order valence-corrected chi connectivity index (χ3v) is 3.49. The summed E-state index contributed by atoms with van der Waals surface area (Å²) in [6, 6.07) is 0.188. The first-order chi connectivity index (χ1) is 8.52. The van der Waals surface area contributed by atoms with Crippen LogP contribution in [0.4, 0.5) is 0 Å². The average Bonchev–Trinajstić information content (AvgIpc) is 2.69. The van der Waals surface area contributed by atoms with Crippen LogP contribution in [0.3, 0.4) is 0 Å². The standard InChI is InChI=1S/C14H26N2O2/c1-4-16(10-14(18)15-11(2)3)9-8-12-6-5-7-13(12)17/h11-12H,4-10H2,1-3H3,(H,15,18). The predicted octanol–water partition coefficient (Wildman–Crippen LogP) is 1.59. The summed E-state index contributed by atoms with van der Waals surface area (Å²) >= 11 is 0. The monoisotopic (exact) mass is 254 g/mol. The van der Waals surface area contributed by atoms with Crippen LogP contribution in [-0.2, 0) is 9.59 Å². The first-order valence-corrected chi connectivity index (χ1v) is 7.07. The van der Waals surface area contributed by atoms with Crippen LogP contribution >= 0.6 is 0 Å². The number of nitrogens with one attached hydrogen (secondary N) is 1. The lowest BCUT2D eigenvalue weighted by atomic mass is 10.0. The van der Waals surface area contributed by atoms with Crippen molar-refractivity contribution in [3.63, 3.8) is 0 Å². The molecule has 1 rings (SSSR count). The largest absolute Gasteiger partial charge is 0.353 e. The number of rotatable bonds is 7. The zero-order valence-corrected chi connectivity index (χ0v) is 11.9. The summed E-state index contributed by atoms with van der Waals surface area (Å²) in [6.45, 7) is 8.12. The van der Waals surface area contributed by atoms with Crippen molar-refractivity contribution >= 4 is 11.7 Å². The van der Waals surface area contributed by atoms with Crippen LogP contribution in [-0.4, -0.2) is 42.3 Å². The first-order valence-electron chi connectivity index (χ1n) is 7.07. The van der Waals surface area contributed by atoms with Gasteiger partial charge in [0.1, 0.15) is 5.78 Å². The van der Waals surface area contributed by atoms with Gasteiger partial charge in [0.15, 0.2) is 0 Å². The minimum Gasteiger partial charge on any atom is -0.353 e. The number of carbonyl (C=O) groups is 2. The molecule has 0 spiro atoms. The lowest BCUT2D eigenvalue weighted by molar-refractivity contribution is -0.122. The zero-order valence-electron chi connectivity index (χ0n) is 11.9. The van der Waals surface area contributed by atoms with Gasteiger partial charge in [0.25, 0.3) is 0 Å². The normalized spacial score (nSPS) is 19.8. The van der Waals surface area contributed by atoms with Crippen molar-refractivity contribution < 1.29 is 9.59 Å². The maximum absolute atomic E-state index is 11.7. The number of carbonyl (C=O) groups excluding carboxylic acids is 2. The van der Waals surface area contributed by atoms with E-state index in [1.165, 1.54) is 0 Å². The highest BCUT2D eigenvalue weighted by atomic mass is 16.2. The van der Waals surface area contributed by atoms with Crippen LogP contribution in [0.1, 0.15) is 46.5 Å². The van der Waals surface area contributed by atoms with Crippen molar-refractivity contribution in [1.82, 2.24) is 10.2 Å². The molecule has 0 aromatic heterocycles. The highest BCUT2D eigenvalue weighted by Gasteiger charge is 2.24. The Morgan fingerprint density at radius 2 is 2.22 bits per heavy atom. The molecule has 1 unspecified atom stereocenters. The van der Waals surface area contributed by atoms with E-state index in [1.54, 1.807) is 0 Å². The third-order valence-electron chi connectivity index (χ3n) is 3.49. The quantitative estimate of drug-likeness (QED) is 0.750. The summed E-state index contributed by atoms with van der Waals surface area (Å²) in [5.74, 6) is 0.731. The second kappa shape index (κ2) is 7.52. The molecular weight excluding hydrogens is 228 g/mol. The molecule has 0 aliphatic heterocycles. The predicted molar refractivity (Wildman–Crippen MR) is 72.4 cm³/mol. The van der Waals surface area contributed by atoms with E-state index in [0.29, 0.717) is 12.3 Å². The summed E-state index contributed by atoms with van der Waals surface area (Å²) < 4.78 is 0. The number of hydrogen-bond donors (Lipinski definition) is 1. The van der Waals surface area contributed by atoms with E-state index in [-0.39, 0.29) is 17.9 Å².